The van der Waals surface area contributed by atoms with E-state index < -0.39 is 58.4 Å². The van der Waals surface area contributed by atoms with Crippen LogP contribution in [0.2, 0.25) is 5.02 Å². The average Bonchev–Trinajstić information content (AvgIpc) is 3.63. The largest absolute Gasteiger partial charge is 0.391 e. The van der Waals surface area contributed by atoms with Crippen LogP contribution in [0.15, 0.2) is 71.0 Å². The van der Waals surface area contributed by atoms with E-state index in [2.05, 4.69) is 67.4 Å². The number of alkyl halides is 1. The van der Waals surface area contributed by atoms with E-state index in [-0.39, 0.29) is 43.7 Å². The molecule has 17 heteroatoms. The molecule has 2 saturated heterocycles. The zero-order valence-corrected chi connectivity index (χ0v) is 42.9. The van der Waals surface area contributed by atoms with Gasteiger partial charge in [0.05, 0.1) is 61.7 Å². The van der Waals surface area contributed by atoms with Gasteiger partial charge in [-0.1, -0.05) is 74.8 Å². The van der Waals surface area contributed by atoms with Crippen LogP contribution in [-0.2, 0) is 24.6 Å². The molecule has 9 rings (SSSR count). The summed E-state index contributed by atoms with van der Waals surface area (Å²) in [5.74, 6) is -1.10. The summed E-state index contributed by atoms with van der Waals surface area (Å²) < 4.78 is 16.9. The summed E-state index contributed by atoms with van der Waals surface area (Å²) in [4.78, 5) is 81.7. The van der Waals surface area contributed by atoms with Gasteiger partial charge in [-0.15, -0.1) is 11.3 Å². The number of benzene rings is 3. The molecule has 4 amide bonds. The van der Waals surface area contributed by atoms with Gasteiger partial charge >= 0.3 is 0 Å². The normalized spacial score (nSPS) is 20.3. The second kappa shape index (κ2) is 19.8. The number of aryl methyl sites for hydroxylation is 1. The first-order valence-corrected chi connectivity index (χ1v) is 26.1. The van der Waals surface area contributed by atoms with Gasteiger partial charge in [0.1, 0.15) is 17.9 Å². The van der Waals surface area contributed by atoms with Crippen molar-refractivity contribution in [1.82, 2.24) is 40.3 Å². The number of thiazole rings is 1. The highest BCUT2D eigenvalue weighted by Crippen LogP contribution is 2.45. The van der Waals surface area contributed by atoms with Gasteiger partial charge in [-0.25, -0.2) is 9.37 Å². The number of piperidine rings is 1. The Hall–Kier alpha value is -5.55. The summed E-state index contributed by atoms with van der Waals surface area (Å²) in [5.41, 5.74) is 4.98. The molecule has 4 atom stereocenters. The molecule has 376 valence electrons. The monoisotopic (exact) mass is 1010 g/mol. The van der Waals surface area contributed by atoms with E-state index in [1.165, 1.54) is 21.8 Å². The van der Waals surface area contributed by atoms with Gasteiger partial charge in [-0.05, 0) is 131 Å². The van der Waals surface area contributed by atoms with Crippen LogP contribution in [0.25, 0.3) is 27.0 Å². The molecule has 0 unspecified atom stereocenters. The number of rotatable bonds is 15. The fraction of sp³-hybridized carbons (Fsp3) is 0.500. The quantitative estimate of drug-likeness (QED) is 0.0777. The smallest absolute Gasteiger partial charge is 0.282 e. The number of aliphatic hydroxyl groups is 1. The molecule has 0 spiro atoms. The summed E-state index contributed by atoms with van der Waals surface area (Å²) in [7, 11) is 0. The van der Waals surface area contributed by atoms with Gasteiger partial charge in [-0.3, -0.25) is 28.5 Å². The number of hydrogen-bond acceptors (Lipinski definition) is 10. The number of aromatic nitrogens is 3. The predicted molar refractivity (Wildman–Crippen MR) is 274 cm³/mol. The van der Waals surface area contributed by atoms with Crippen molar-refractivity contribution in [2.75, 3.05) is 32.7 Å². The van der Waals surface area contributed by atoms with Gasteiger partial charge in [-0.2, -0.15) is 4.98 Å². The number of aliphatic hydroxyl groups excluding tert-OH is 1. The van der Waals surface area contributed by atoms with Crippen LogP contribution >= 0.6 is 22.9 Å². The van der Waals surface area contributed by atoms with E-state index in [9.17, 15) is 33.5 Å². The third-order valence-corrected chi connectivity index (χ3v) is 16.3. The zero-order chi connectivity index (χ0) is 50.6. The molecule has 3 aliphatic heterocycles. The standard InChI is InChI=1S/C54H64ClFN8O6S/c1-31-45(71-30-58-31)34-14-12-33(13-15-34)39(59-47(67)42-27-36(65)29-63(42)49(69)46(52(2,3)4)60-51(70)54(56)20-21-54)28-43(66)57-22-7-8-23-62-24-18-32(19-25-62)35-16-17-37-41(26-35)64-40-11-9-10-38(55)44(40)48(68)61-50(64)53(37,5)6/h9-17,26,30,32,36,39,42,46,65H,7-8,18-25,27-29H2,1-6H3,(H,57,66)(H,59,67)(H,60,70)/t36-,39+,42+,46-/m1/s1. The summed E-state index contributed by atoms with van der Waals surface area (Å²) in [6, 6.07) is 16.9. The number of hydrogen-bond donors (Lipinski definition) is 4. The maximum absolute atomic E-state index is 14.8. The van der Waals surface area contributed by atoms with Crippen LogP contribution in [0.4, 0.5) is 4.39 Å². The van der Waals surface area contributed by atoms with E-state index in [0.717, 1.165) is 84.0 Å². The molecular weight excluding hydrogens is 943 g/mol. The van der Waals surface area contributed by atoms with Crippen LogP contribution in [0, 0.1) is 12.3 Å². The van der Waals surface area contributed by atoms with Gasteiger partial charge in [0.25, 0.3) is 11.5 Å². The first kappa shape index (κ1) is 50.4. The lowest BCUT2D eigenvalue weighted by molar-refractivity contribution is -0.145. The Morgan fingerprint density at radius 2 is 1.73 bits per heavy atom. The van der Waals surface area contributed by atoms with E-state index >= 15 is 0 Å². The van der Waals surface area contributed by atoms with Crippen molar-refractivity contribution in [3.05, 3.63) is 110 Å². The molecule has 0 bridgehead atoms. The molecule has 3 aromatic carbocycles. The number of unbranched alkanes of at least 4 members (excludes halogenated alkanes) is 1. The van der Waals surface area contributed by atoms with Crippen LogP contribution in [0.3, 0.4) is 0 Å². The summed E-state index contributed by atoms with van der Waals surface area (Å²) in [5, 5.41) is 20.3. The van der Waals surface area contributed by atoms with E-state index in [1.54, 1.807) is 32.3 Å². The number of halogens is 2. The molecular formula is C54H64ClFN8O6S. The third-order valence-electron chi connectivity index (χ3n) is 15.0. The number of nitrogens with zero attached hydrogens (tertiary/aromatic N) is 5. The summed E-state index contributed by atoms with van der Waals surface area (Å²) in [6.07, 6.45) is 2.77. The van der Waals surface area contributed by atoms with Crippen molar-refractivity contribution < 1.29 is 28.7 Å². The fourth-order valence-corrected chi connectivity index (χ4v) is 11.7. The Morgan fingerprint density at radius 1 is 1.00 bits per heavy atom. The Bertz CT molecular complexity index is 2920. The molecule has 0 radical (unpaired) electrons. The van der Waals surface area contributed by atoms with Crippen molar-refractivity contribution in [2.45, 2.75) is 134 Å². The Balaban J connectivity index is 0.802. The first-order valence-electron chi connectivity index (χ1n) is 24.9. The minimum Gasteiger partial charge on any atom is -0.391 e. The van der Waals surface area contributed by atoms with Gasteiger partial charge in [0, 0.05) is 19.5 Å². The van der Waals surface area contributed by atoms with E-state index in [0.29, 0.717) is 28.4 Å². The number of carbonyl (C=O) groups excluding carboxylic acids is 4. The highest BCUT2D eigenvalue weighted by Gasteiger charge is 2.53. The van der Waals surface area contributed by atoms with Gasteiger partial charge < -0.3 is 30.9 Å². The highest BCUT2D eigenvalue weighted by atomic mass is 35.5. The van der Waals surface area contributed by atoms with Crippen LogP contribution in [-0.4, -0.2) is 110 Å². The Kier molecular flexibility index (Phi) is 14.1. The van der Waals surface area contributed by atoms with E-state index in [1.807, 2.05) is 43.3 Å². The SMILES string of the molecule is Cc1ncsc1-c1ccc([C@H](CC(=O)NCCCCN2CCC(c3ccc4c(c3)-n3c(nc(=O)c5c(Cl)cccc53)C4(C)C)CC2)NC(=O)[C@@H]2C[C@@H](O)CN2C(=O)[C@@H](NC(=O)C2(F)CC2)C(C)(C)C)cc1. The molecule has 5 heterocycles. The fourth-order valence-electron chi connectivity index (χ4n) is 10.6. The van der Waals surface area contributed by atoms with Crippen molar-refractivity contribution in [3.63, 3.8) is 0 Å². The van der Waals surface area contributed by atoms with Crippen LogP contribution < -0.4 is 21.5 Å². The maximum atomic E-state index is 14.8. The van der Waals surface area contributed by atoms with Crippen molar-refractivity contribution in [3.8, 4) is 16.1 Å². The second-order valence-electron chi connectivity index (χ2n) is 21.6. The molecule has 5 aromatic rings. The number of amides is 4. The van der Waals surface area contributed by atoms with Gasteiger partial charge in [0.2, 0.25) is 17.7 Å². The van der Waals surface area contributed by atoms with Crippen LogP contribution in [0.1, 0.15) is 126 Å². The Labute approximate surface area is 422 Å². The molecule has 4 N–H and O–H groups in total. The van der Waals surface area contributed by atoms with Crippen molar-refractivity contribution in [2.24, 2.45) is 5.41 Å². The summed E-state index contributed by atoms with van der Waals surface area (Å²) >= 11 is 8.04. The number of likely N-dealkylation sites (tertiary alicyclic amines) is 2. The number of β-amino-alcohol motifs (C(OH)–C–C–N with tert-alkyl or cyclic N) is 1. The molecule has 1 saturated carbocycles. The number of nitrogens with one attached hydrogen (secondary N) is 3. The van der Waals surface area contributed by atoms with Gasteiger partial charge in [0.15, 0.2) is 5.67 Å². The topological polar surface area (TPSA) is 179 Å². The maximum Gasteiger partial charge on any atom is 0.282 e. The molecule has 14 nitrogen and oxygen atoms in total. The average molecular weight is 1010 g/mol. The first-order chi connectivity index (χ1) is 33.7. The minimum atomic E-state index is -2.00. The third kappa shape index (κ3) is 10.3. The van der Waals surface area contributed by atoms with Crippen molar-refractivity contribution in [1.29, 1.82) is 0 Å². The van der Waals surface area contributed by atoms with Crippen LogP contribution in [0.5, 0.6) is 0 Å². The number of fused-ring (bicyclic) bond motifs is 5. The highest BCUT2D eigenvalue weighted by molar-refractivity contribution is 7.13. The molecule has 4 aliphatic rings. The van der Waals surface area contributed by atoms with E-state index in [4.69, 9.17) is 11.6 Å². The second-order valence-corrected chi connectivity index (χ2v) is 22.8. The van der Waals surface area contributed by atoms with Crippen molar-refractivity contribution >= 4 is 57.5 Å². The zero-order valence-electron chi connectivity index (χ0n) is 41.3. The minimum absolute atomic E-state index is 0.0348. The lowest BCUT2D eigenvalue weighted by Gasteiger charge is -2.36. The lowest BCUT2D eigenvalue weighted by atomic mass is 9.83. The molecule has 2 aromatic heterocycles. The number of carbonyl (C=O) groups is 4. The summed E-state index contributed by atoms with van der Waals surface area (Å²) in [6.45, 7) is 14.6. The lowest BCUT2D eigenvalue weighted by Crippen LogP contribution is -2.59. The molecule has 1 aliphatic carbocycles. The molecule has 3 fully saturated rings. The molecule has 71 heavy (non-hydrogen) atoms. The Morgan fingerprint density at radius 3 is 2.41 bits per heavy atom. The predicted octanol–water partition coefficient (Wildman–Crippen LogP) is 7.43.